The smallest absolute Gasteiger partial charge is 0.475 e. The number of aromatic nitrogens is 1. The normalized spacial score (nSPS) is 23.1. The average Bonchev–Trinajstić information content (AvgIpc) is 3.16. The highest BCUT2D eigenvalue weighted by molar-refractivity contribution is 6.06. The Morgan fingerprint density at radius 1 is 1.26 bits per heavy atom. The van der Waals surface area contributed by atoms with Crippen LogP contribution in [0, 0.1) is 0 Å². The van der Waals surface area contributed by atoms with Gasteiger partial charge in [0.15, 0.2) is 0 Å². The number of alkyl halides is 3. The predicted molar refractivity (Wildman–Crippen MR) is 105 cm³/mol. The first kappa shape index (κ1) is 23.0. The van der Waals surface area contributed by atoms with Crippen molar-refractivity contribution in [3.63, 3.8) is 0 Å². The first-order valence-electron chi connectivity index (χ1n) is 9.92. The molecule has 2 heterocycles. The van der Waals surface area contributed by atoms with Crippen LogP contribution in [0.5, 0.6) is 0 Å². The van der Waals surface area contributed by atoms with Crippen molar-refractivity contribution in [1.82, 2.24) is 9.88 Å². The molecule has 1 N–H and O–H groups in total. The molecule has 2 fully saturated rings. The molecule has 31 heavy (non-hydrogen) atoms. The molecule has 0 radical (unpaired) electrons. The van der Waals surface area contributed by atoms with Crippen LogP contribution in [0.25, 0.3) is 10.9 Å². The van der Waals surface area contributed by atoms with E-state index in [2.05, 4.69) is 4.98 Å². The Morgan fingerprint density at radius 2 is 1.97 bits per heavy atom. The Morgan fingerprint density at radius 3 is 2.65 bits per heavy atom. The molecule has 1 aliphatic heterocycles. The van der Waals surface area contributed by atoms with Crippen LogP contribution in [0.4, 0.5) is 13.2 Å². The van der Waals surface area contributed by atoms with E-state index in [1.54, 1.807) is 6.20 Å². The number of carboxylic acid groups (broad SMARTS) is 1. The number of hydrogen-bond acceptors (Lipinski definition) is 5. The molecule has 1 aromatic carbocycles. The molecule has 1 saturated carbocycles. The number of fused-ring (bicyclic) bond motifs is 2. The number of amides is 1. The van der Waals surface area contributed by atoms with Crippen molar-refractivity contribution in [2.24, 2.45) is 0 Å². The van der Waals surface area contributed by atoms with Gasteiger partial charge in [0.2, 0.25) is 0 Å². The molecule has 4 rings (SSSR count). The summed E-state index contributed by atoms with van der Waals surface area (Å²) in [5.41, 5.74) is 1.58. The van der Waals surface area contributed by atoms with Gasteiger partial charge in [0.25, 0.3) is 5.91 Å². The van der Waals surface area contributed by atoms with E-state index in [4.69, 9.17) is 19.4 Å². The summed E-state index contributed by atoms with van der Waals surface area (Å²) >= 11 is 0. The molecule has 2 aliphatic rings. The second kappa shape index (κ2) is 9.61. The molecule has 0 bridgehead atoms. The third-order valence-electron chi connectivity index (χ3n) is 5.30. The molecule has 10 heteroatoms. The second-order valence-corrected chi connectivity index (χ2v) is 7.15. The molecular weight excluding hydrogens is 417 g/mol. The number of carbonyl (C=O) groups excluding carboxylic acids is 1. The number of ether oxygens (including phenoxy) is 2. The van der Waals surface area contributed by atoms with E-state index < -0.39 is 12.1 Å². The third-order valence-corrected chi connectivity index (χ3v) is 5.30. The van der Waals surface area contributed by atoms with E-state index >= 15 is 0 Å². The number of nitrogens with zero attached hydrogens (tertiary/aromatic N) is 2. The summed E-state index contributed by atoms with van der Waals surface area (Å²) < 4.78 is 43.5. The lowest BCUT2D eigenvalue weighted by Gasteiger charge is -2.39. The maximum atomic E-state index is 13.2. The Bertz CT molecular complexity index is 931. The van der Waals surface area contributed by atoms with E-state index in [0.717, 1.165) is 29.3 Å². The summed E-state index contributed by atoms with van der Waals surface area (Å²) in [6.07, 6.45) is -1.39. The number of rotatable bonds is 3. The zero-order valence-corrected chi connectivity index (χ0v) is 16.8. The molecule has 1 aromatic heterocycles. The van der Waals surface area contributed by atoms with Gasteiger partial charge in [-0.3, -0.25) is 9.78 Å². The predicted octanol–water partition coefficient (Wildman–Crippen LogP) is 3.28. The largest absolute Gasteiger partial charge is 0.490 e. The van der Waals surface area contributed by atoms with Gasteiger partial charge in [0.05, 0.1) is 29.8 Å². The number of para-hydroxylation sites is 1. The van der Waals surface area contributed by atoms with Crippen molar-refractivity contribution in [1.29, 1.82) is 0 Å². The van der Waals surface area contributed by atoms with Gasteiger partial charge < -0.3 is 19.5 Å². The van der Waals surface area contributed by atoms with Gasteiger partial charge in [-0.05, 0) is 31.9 Å². The number of aliphatic carboxylic acids is 1. The van der Waals surface area contributed by atoms with E-state index in [0.29, 0.717) is 19.8 Å². The van der Waals surface area contributed by atoms with Crippen LogP contribution in [0.3, 0.4) is 0 Å². The standard InChI is InChI=1S/C19H22N2O3.C2HF3O2/c1-2-23-17-8-7-16-18(17)24-12-11-21(16)19(22)14-9-10-20-15-6-4-3-5-13(14)15;3-2(4,5)1(6)7/h3-6,9-10,16-18H,2,7-8,11-12H2,1H3;(H,6,7)/t16-,17+,18+;/m0./s1. The summed E-state index contributed by atoms with van der Waals surface area (Å²) in [4.78, 5) is 28.5. The maximum absolute atomic E-state index is 13.2. The minimum atomic E-state index is -5.08. The summed E-state index contributed by atoms with van der Waals surface area (Å²) in [7, 11) is 0. The van der Waals surface area contributed by atoms with Crippen LogP contribution in [0.15, 0.2) is 36.5 Å². The third kappa shape index (κ3) is 5.13. The first-order chi connectivity index (χ1) is 14.7. The fourth-order valence-electron chi connectivity index (χ4n) is 4.00. The minimum Gasteiger partial charge on any atom is -0.475 e. The lowest BCUT2D eigenvalue weighted by atomic mass is 10.0. The van der Waals surface area contributed by atoms with Gasteiger partial charge in [-0.15, -0.1) is 0 Å². The fraction of sp³-hybridized carbons (Fsp3) is 0.476. The van der Waals surface area contributed by atoms with E-state index in [1.807, 2.05) is 42.2 Å². The van der Waals surface area contributed by atoms with Gasteiger partial charge in [0, 0.05) is 24.7 Å². The quantitative estimate of drug-likeness (QED) is 0.788. The highest BCUT2D eigenvalue weighted by Gasteiger charge is 2.45. The zero-order valence-electron chi connectivity index (χ0n) is 16.8. The van der Waals surface area contributed by atoms with Crippen LogP contribution >= 0.6 is 0 Å². The molecule has 168 valence electrons. The van der Waals surface area contributed by atoms with Crippen molar-refractivity contribution >= 4 is 22.8 Å². The van der Waals surface area contributed by atoms with Gasteiger partial charge in [0.1, 0.15) is 6.10 Å². The molecule has 7 nitrogen and oxygen atoms in total. The van der Waals surface area contributed by atoms with E-state index in [-0.39, 0.29) is 24.2 Å². The maximum Gasteiger partial charge on any atom is 0.490 e. The van der Waals surface area contributed by atoms with E-state index in [9.17, 15) is 18.0 Å². The minimum absolute atomic E-state index is 0.00393. The summed E-state index contributed by atoms with van der Waals surface area (Å²) in [5, 5.41) is 8.03. The first-order valence-corrected chi connectivity index (χ1v) is 9.92. The number of morpholine rings is 1. The number of carboxylic acids is 1. The van der Waals surface area contributed by atoms with Gasteiger partial charge >= 0.3 is 12.1 Å². The Hall–Kier alpha value is -2.72. The van der Waals surface area contributed by atoms with E-state index in [1.165, 1.54) is 0 Å². The molecule has 0 spiro atoms. The Balaban J connectivity index is 0.000000339. The SMILES string of the molecule is CCO[C@@H]1CC[C@H]2[C@H]1OCCN2C(=O)c1ccnc2ccccc12.O=C(O)C(F)(F)F. The van der Waals surface area contributed by atoms with Gasteiger partial charge in [-0.1, -0.05) is 18.2 Å². The van der Waals surface area contributed by atoms with Crippen molar-refractivity contribution in [2.75, 3.05) is 19.8 Å². The Kier molecular flexibility index (Phi) is 7.11. The highest BCUT2D eigenvalue weighted by atomic mass is 19.4. The molecule has 0 unspecified atom stereocenters. The average molecular weight is 440 g/mol. The number of pyridine rings is 1. The van der Waals surface area contributed by atoms with Gasteiger partial charge in [-0.25, -0.2) is 4.79 Å². The number of hydrogen-bond donors (Lipinski definition) is 1. The lowest BCUT2D eigenvalue weighted by molar-refractivity contribution is -0.192. The van der Waals surface area contributed by atoms with Crippen LogP contribution < -0.4 is 0 Å². The monoisotopic (exact) mass is 440 g/mol. The van der Waals surface area contributed by atoms with Crippen LogP contribution in [-0.4, -0.2) is 71.1 Å². The van der Waals surface area contributed by atoms with Crippen LogP contribution in [0.1, 0.15) is 30.1 Å². The number of halogens is 3. The van der Waals surface area contributed by atoms with Crippen molar-refractivity contribution in [3.05, 3.63) is 42.1 Å². The molecule has 1 aliphatic carbocycles. The summed E-state index contributed by atoms with van der Waals surface area (Å²) in [6.45, 7) is 3.89. The Labute approximate surface area is 176 Å². The molecule has 2 aromatic rings. The van der Waals surface area contributed by atoms with Crippen molar-refractivity contribution in [3.8, 4) is 0 Å². The topological polar surface area (TPSA) is 89.0 Å². The zero-order chi connectivity index (χ0) is 22.6. The summed E-state index contributed by atoms with van der Waals surface area (Å²) in [6, 6.07) is 9.72. The van der Waals surface area contributed by atoms with Crippen LogP contribution in [0.2, 0.25) is 0 Å². The lowest BCUT2D eigenvalue weighted by Crippen LogP contribution is -2.53. The van der Waals surface area contributed by atoms with Gasteiger partial charge in [-0.2, -0.15) is 13.2 Å². The second-order valence-electron chi connectivity index (χ2n) is 7.15. The summed E-state index contributed by atoms with van der Waals surface area (Å²) in [5.74, 6) is -2.68. The molecule has 1 amide bonds. The number of benzene rings is 1. The molecule has 3 atom stereocenters. The highest BCUT2D eigenvalue weighted by Crippen LogP contribution is 2.33. The molecular formula is C21H23F3N2O5. The van der Waals surface area contributed by atoms with Crippen molar-refractivity contribution < 1.29 is 37.3 Å². The van der Waals surface area contributed by atoms with Crippen LogP contribution in [-0.2, 0) is 14.3 Å². The van der Waals surface area contributed by atoms with Crippen molar-refractivity contribution in [2.45, 2.75) is 44.2 Å². The fourth-order valence-corrected chi connectivity index (χ4v) is 4.00. The molecule has 1 saturated heterocycles. The number of carbonyl (C=O) groups is 2.